The summed E-state index contributed by atoms with van der Waals surface area (Å²) in [7, 11) is -2.96. The molecule has 1 rings (SSSR count). The molecule has 9 nitrogen and oxygen atoms in total. The van der Waals surface area contributed by atoms with Crippen molar-refractivity contribution in [3.05, 3.63) is 11.8 Å². The molecule has 0 fully saturated rings. The molecule has 0 spiro atoms. The van der Waals surface area contributed by atoms with Crippen molar-refractivity contribution in [3.8, 4) is 5.88 Å². The number of methoxy groups -OCH3 is 1. The monoisotopic (exact) mass is 356 g/mol. The number of ether oxygens (including phenoxy) is 3. The average molecular weight is 356 g/mol. The second kappa shape index (κ2) is 7.45. The van der Waals surface area contributed by atoms with E-state index in [-0.39, 0.29) is 5.69 Å². The van der Waals surface area contributed by atoms with Gasteiger partial charge in [0.05, 0.1) is 11.2 Å². The summed E-state index contributed by atoms with van der Waals surface area (Å²) in [6, 6.07) is 0.967. The van der Waals surface area contributed by atoms with Crippen LogP contribution in [0.15, 0.2) is 6.07 Å². The first-order chi connectivity index (χ1) is 12.5. The van der Waals surface area contributed by atoms with E-state index in [9.17, 15) is 14.4 Å². The van der Waals surface area contributed by atoms with Crippen molar-refractivity contribution in [2.75, 3.05) is 11.9 Å². The zero-order valence-corrected chi connectivity index (χ0v) is 14.9. The lowest BCUT2D eigenvalue weighted by Gasteiger charge is -2.28. The smallest absolute Gasteiger partial charge is 0.424 e. The Labute approximate surface area is 150 Å². The summed E-state index contributed by atoms with van der Waals surface area (Å²) in [5.74, 6) is -0.678. The lowest BCUT2D eigenvalue weighted by molar-refractivity contribution is 0.0428. The number of hydrogen-bond acceptors (Lipinski definition) is 8. The number of rotatable bonds is 3. The van der Waals surface area contributed by atoms with Gasteiger partial charge in [0, 0.05) is 0 Å². The minimum Gasteiger partial charge on any atom is -0.478 e. The van der Waals surface area contributed by atoms with Crippen LogP contribution in [0.25, 0.3) is 0 Å². The first-order valence-electron chi connectivity index (χ1n) is 8.80. The summed E-state index contributed by atoms with van der Waals surface area (Å²) in [5.41, 5.74) is -2.71. The molecule has 138 valence electrons. The molecule has 0 bridgehead atoms. The number of imide groups is 1. The zero-order chi connectivity index (χ0) is 21.9. The van der Waals surface area contributed by atoms with Crippen molar-refractivity contribution in [2.45, 2.75) is 52.7 Å². The highest BCUT2D eigenvalue weighted by atomic mass is 16.6. The van der Waals surface area contributed by atoms with Crippen LogP contribution < -0.4 is 9.64 Å². The summed E-state index contributed by atoms with van der Waals surface area (Å²) in [6.07, 6.45) is -2.05. The van der Waals surface area contributed by atoms with Gasteiger partial charge in [0.25, 0.3) is 5.88 Å². The molecule has 0 aliphatic rings. The van der Waals surface area contributed by atoms with E-state index in [1.165, 1.54) is 0 Å². The second-order valence-corrected chi connectivity index (χ2v) is 6.98. The Balaban J connectivity index is 3.56. The van der Waals surface area contributed by atoms with Crippen molar-refractivity contribution in [1.29, 1.82) is 0 Å². The van der Waals surface area contributed by atoms with Crippen molar-refractivity contribution in [1.82, 2.24) is 10.2 Å². The molecule has 0 saturated carbocycles. The number of amides is 2. The third kappa shape index (κ3) is 6.02. The van der Waals surface area contributed by atoms with Crippen LogP contribution >= 0.6 is 0 Å². The number of aromatic nitrogens is 2. The van der Waals surface area contributed by atoms with Gasteiger partial charge in [-0.3, -0.25) is 4.79 Å². The van der Waals surface area contributed by atoms with E-state index >= 15 is 0 Å². The van der Waals surface area contributed by atoms with Gasteiger partial charge in [-0.1, -0.05) is 0 Å². The maximum Gasteiger partial charge on any atom is 0.424 e. The van der Waals surface area contributed by atoms with Gasteiger partial charge in [-0.15, -0.1) is 10.2 Å². The number of nitrogens with zero attached hydrogens (tertiary/aromatic N) is 3. The minimum atomic E-state index is -2.96. The Bertz CT molecular complexity index is 725. The Morgan fingerprint density at radius 3 is 2.00 bits per heavy atom. The van der Waals surface area contributed by atoms with Crippen LogP contribution in [0.5, 0.6) is 5.88 Å². The Hall–Kier alpha value is -2.71. The van der Waals surface area contributed by atoms with E-state index in [1.807, 2.05) is 0 Å². The van der Waals surface area contributed by atoms with E-state index in [1.54, 1.807) is 41.5 Å². The maximum absolute atomic E-state index is 12.7. The average Bonchev–Trinajstić information content (AvgIpc) is 2.43. The molecule has 0 radical (unpaired) electrons. The van der Waals surface area contributed by atoms with E-state index in [4.69, 9.17) is 18.3 Å². The Kier molecular flexibility index (Phi) is 4.71. The molecule has 2 amide bonds. The maximum atomic E-state index is 12.7. The molecule has 0 aliphatic carbocycles. The Morgan fingerprint density at radius 1 is 1.08 bits per heavy atom. The van der Waals surface area contributed by atoms with Crippen LogP contribution in [0.4, 0.5) is 15.3 Å². The Morgan fingerprint density at radius 2 is 1.60 bits per heavy atom. The number of hydrogen-bond donors (Lipinski definition) is 0. The van der Waals surface area contributed by atoms with Crippen molar-refractivity contribution >= 4 is 24.2 Å². The second-order valence-electron chi connectivity index (χ2n) is 6.98. The zero-order valence-electron chi connectivity index (χ0n) is 17.9. The van der Waals surface area contributed by atoms with Gasteiger partial charge in [-0.05, 0) is 47.6 Å². The van der Waals surface area contributed by atoms with E-state index in [2.05, 4.69) is 10.2 Å². The fourth-order valence-corrected chi connectivity index (χ4v) is 1.56. The molecule has 1 aromatic rings. The molecule has 9 heteroatoms. The lowest BCUT2D eigenvalue weighted by atomic mass is 10.2. The van der Waals surface area contributed by atoms with Crippen molar-refractivity contribution in [3.63, 3.8) is 0 Å². The quantitative estimate of drug-likeness (QED) is 0.761. The van der Waals surface area contributed by atoms with Crippen molar-refractivity contribution < 1.29 is 32.7 Å². The normalized spacial score (nSPS) is 13.8. The van der Waals surface area contributed by atoms with Crippen LogP contribution in [0.2, 0.25) is 0 Å². The third-order valence-electron chi connectivity index (χ3n) is 2.37. The summed E-state index contributed by atoms with van der Waals surface area (Å²) in [4.78, 5) is 36.8. The number of carbonyl (C=O) groups excluding carboxylic acids is 3. The molecule has 0 aromatic carbocycles. The predicted molar refractivity (Wildman–Crippen MR) is 88.9 cm³/mol. The third-order valence-corrected chi connectivity index (χ3v) is 2.37. The van der Waals surface area contributed by atoms with Crippen LogP contribution in [0.3, 0.4) is 0 Å². The topological polar surface area (TPSA) is 108 Å². The largest absolute Gasteiger partial charge is 0.478 e. The van der Waals surface area contributed by atoms with Crippen LogP contribution in [0, 0.1) is 0 Å². The van der Waals surface area contributed by atoms with Crippen LogP contribution in [-0.4, -0.2) is 46.9 Å². The molecular weight excluding hydrogens is 330 g/mol. The highest BCUT2D eigenvalue weighted by Crippen LogP contribution is 2.29. The highest BCUT2D eigenvalue weighted by Gasteiger charge is 2.35. The summed E-state index contributed by atoms with van der Waals surface area (Å²) in [6.45, 7) is 9.41. The van der Waals surface area contributed by atoms with Gasteiger partial charge in [0.2, 0.25) is 0 Å². The van der Waals surface area contributed by atoms with Gasteiger partial charge < -0.3 is 14.2 Å². The molecule has 0 N–H and O–H groups in total. The molecule has 0 aliphatic heterocycles. The summed E-state index contributed by atoms with van der Waals surface area (Å²) < 4.78 is 36.8. The van der Waals surface area contributed by atoms with Gasteiger partial charge in [-0.2, -0.15) is 4.90 Å². The lowest BCUT2D eigenvalue weighted by Crippen LogP contribution is -2.44. The van der Waals surface area contributed by atoms with Gasteiger partial charge in [0.15, 0.2) is 6.29 Å². The van der Waals surface area contributed by atoms with Crippen molar-refractivity contribution in [2.24, 2.45) is 0 Å². The fourth-order valence-electron chi connectivity index (χ4n) is 1.56. The first kappa shape index (κ1) is 15.8. The number of carbonyl (C=O) groups is 3. The van der Waals surface area contributed by atoms with Gasteiger partial charge in [-0.25, -0.2) is 9.59 Å². The molecule has 1 heterocycles. The van der Waals surface area contributed by atoms with E-state index in [0.29, 0.717) is 11.2 Å². The molecule has 0 atom stereocenters. The van der Waals surface area contributed by atoms with Crippen LogP contribution in [-0.2, 0) is 9.47 Å². The van der Waals surface area contributed by atoms with Gasteiger partial charge in [0.1, 0.15) is 22.6 Å². The SMILES string of the molecule is [2H]C([2H])([2H])Oc1nnc(C=O)cc1N(C(=O)OC(C)(C)C)C(=O)OC(C)(C)C. The minimum absolute atomic E-state index is 0.273. The highest BCUT2D eigenvalue weighted by molar-refractivity contribution is 6.10. The molecule has 0 unspecified atom stereocenters. The standard InChI is InChI=1S/C16H23N3O6/c1-15(2,3)24-13(21)19(14(22)25-16(4,5)6)11-8-10(9-20)17-18-12(11)23-7/h8-9H,1-7H3/i7D3. The molecule has 1 aromatic heterocycles. The number of aldehydes is 1. The molecular formula is C16H23N3O6. The van der Waals surface area contributed by atoms with Crippen LogP contribution in [0.1, 0.15) is 56.1 Å². The molecule has 25 heavy (non-hydrogen) atoms. The van der Waals surface area contributed by atoms with E-state index < -0.39 is 42.0 Å². The number of anilines is 1. The van der Waals surface area contributed by atoms with Gasteiger partial charge >= 0.3 is 12.2 Å². The fraction of sp³-hybridized carbons (Fsp3) is 0.562. The van der Waals surface area contributed by atoms with E-state index in [0.717, 1.165) is 6.07 Å². The first-order valence-corrected chi connectivity index (χ1v) is 7.30. The summed E-state index contributed by atoms with van der Waals surface area (Å²) >= 11 is 0. The molecule has 0 saturated heterocycles. The predicted octanol–water partition coefficient (Wildman–Crippen LogP) is 2.97. The summed E-state index contributed by atoms with van der Waals surface area (Å²) in [5, 5.41) is 6.96.